The first-order chi connectivity index (χ1) is 22.1. The van der Waals surface area contributed by atoms with Crippen molar-refractivity contribution in [3.63, 3.8) is 0 Å². The van der Waals surface area contributed by atoms with Crippen LogP contribution in [0, 0.1) is 0 Å². The zero-order chi connectivity index (χ0) is 33.4. The summed E-state index contributed by atoms with van der Waals surface area (Å²) in [6, 6.07) is 18.6. The van der Waals surface area contributed by atoms with Gasteiger partial charge in [0.05, 0.1) is 6.04 Å². The van der Waals surface area contributed by atoms with Gasteiger partial charge in [-0.05, 0) is 59.4 Å². The van der Waals surface area contributed by atoms with E-state index < -0.39 is 30.0 Å². The van der Waals surface area contributed by atoms with Crippen LogP contribution in [0.5, 0.6) is 5.75 Å². The summed E-state index contributed by atoms with van der Waals surface area (Å²) in [5, 5.41) is 14.4. The molecular formula is C36H43F3N2O5. The molecule has 0 saturated heterocycles. The van der Waals surface area contributed by atoms with Crippen molar-refractivity contribution in [2.45, 2.75) is 90.0 Å². The monoisotopic (exact) mass is 640 g/mol. The molecule has 0 saturated carbocycles. The van der Waals surface area contributed by atoms with Gasteiger partial charge >= 0.3 is 18.2 Å². The highest BCUT2D eigenvalue weighted by Crippen LogP contribution is 2.28. The molecule has 10 heteroatoms. The SMILES string of the molecule is CCCCCCCCCCCCNC(=O)c1ccc(-c2ccc(CC(NC(=O)C(=O)O)c3cccc(OC(F)(F)F)c3)cc2)cc1. The Balaban J connectivity index is 1.53. The van der Waals surface area contributed by atoms with E-state index in [9.17, 15) is 27.6 Å². The van der Waals surface area contributed by atoms with E-state index in [0.717, 1.165) is 36.1 Å². The molecule has 0 spiro atoms. The van der Waals surface area contributed by atoms with E-state index in [1.807, 2.05) is 24.3 Å². The van der Waals surface area contributed by atoms with Gasteiger partial charge in [0.1, 0.15) is 5.75 Å². The van der Waals surface area contributed by atoms with Crippen LogP contribution in [0.3, 0.4) is 0 Å². The van der Waals surface area contributed by atoms with Gasteiger partial charge in [-0.3, -0.25) is 9.59 Å². The fourth-order valence-electron chi connectivity index (χ4n) is 5.20. The van der Waals surface area contributed by atoms with Crippen LogP contribution >= 0.6 is 0 Å². The molecule has 0 fully saturated rings. The molecular weight excluding hydrogens is 597 g/mol. The van der Waals surface area contributed by atoms with E-state index in [-0.39, 0.29) is 17.9 Å². The smallest absolute Gasteiger partial charge is 0.474 e. The van der Waals surface area contributed by atoms with Crippen LogP contribution in [0.2, 0.25) is 0 Å². The summed E-state index contributed by atoms with van der Waals surface area (Å²) < 4.78 is 42.2. The van der Waals surface area contributed by atoms with Gasteiger partial charge < -0.3 is 20.5 Å². The maximum Gasteiger partial charge on any atom is 0.573 e. The largest absolute Gasteiger partial charge is 0.573 e. The number of alkyl halides is 3. The Hall–Kier alpha value is -4.34. The Kier molecular flexibility index (Phi) is 14.6. The normalized spacial score (nSPS) is 11.9. The molecule has 3 rings (SSSR count). The number of amides is 2. The summed E-state index contributed by atoms with van der Waals surface area (Å²) in [7, 11) is 0. The van der Waals surface area contributed by atoms with Gasteiger partial charge in [0, 0.05) is 12.1 Å². The minimum absolute atomic E-state index is 0.114. The van der Waals surface area contributed by atoms with Gasteiger partial charge in [-0.15, -0.1) is 13.2 Å². The van der Waals surface area contributed by atoms with E-state index in [0.29, 0.717) is 17.7 Å². The molecule has 0 aliphatic rings. The number of carboxylic acids is 1. The van der Waals surface area contributed by atoms with Crippen molar-refractivity contribution in [2.24, 2.45) is 0 Å². The summed E-state index contributed by atoms with van der Waals surface area (Å²) in [6.45, 7) is 2.87. The van der Waals surface area contributed by atoms with Crippen LogP contribution in [0.25, 0.3) is 11.1 Å². The molecule has 0 bridgehead atoms. The van der Waals surface area contributed by atoms with Gasteiger partial charge in [-0.2, -0.15) is 0 Å². The average Bonchev–Trinajstić information content (AvgIpc) is 3.03. The van der Waals surface area contributed by atoms with Crippen molar-refractivity contribution >= 4 is 17.8 Å². The summed E-state index contributed by atoms with van der Waals surface area (Å²) in [5.74, 6) is -3.59. The van der Waals surface area contributed by atoms with Crippen LogP contribution in [-0.4, -0.2) is 35.8 Å². The predicted molar refractivity (Wildman–Crippen MR) is 171 cm³/mol. The minimum Gasteiger partial charge on any atom is -0.474 e. The highest BCUT2D eigenvalue weighted by Gasteiger charge is 2.31. The molecule has 0 radical (unpaired) electrons. The number of aliphatic carboxylic acids is 1. The Bertz CT molecular complexity index is 1390. The summed E-state index contributed by atoms with van der Waals surface area (Å²) in [5.41, 5.74) is 3.28. The third-order valence-corrected chi connectivity index (χ3v) is 7.68. The topological polar surface area (TPSA) is 105 Å². The predicted octanol–water partition coefficient (Wildman–Crippen LogP) is 8.39. The zero-order valence-electron chi connectivity index (χ0n) is 26.2. The summed E-state index contributed by atoms with van der Waals surface area (Å²) >= 11 is 0. The summed E-state index contributed by atoms with van der Waals surface area (Å²) in [6.07, 6.45) is 7.59. The molecule has 3 aromatic rings. The number of carbonyl (C=O) groups is 3. The summed E-state index contributed by atoms with van der Waals surface area (Å²) in [4.78, 5) is 35.7. The molecule has 1 atom stereocenters. The molecule has 0 heterocycles. The average molecular weight is 641 g/mol. The number of nitrogens with one attached hydrogen (secondary N) is 2. The van der Waals surface area contributed by atoms with Crippen LogP contribution in [0.4, 0.5) is 13.2 Å². The van der Waals surface area contributed by atoms with Crippen LogP contribution < -0.4 is 15.4 Å². The van der Waals surface area contributed by atoms with Crippen molar-refractivity contribution in [2.75, 3.05) is 6.54 Å². The second-order valence-corrected chi connectivity index (χ2v) is 11.4. The number of carboxylic acid groups (broad SMARTS) is 1. The number of hydrogen-bond donors (Lipinski definition) is 3. The molecule has 46 heavy (non-hydrogen) atoms. The number of halogens is 3. The van der Waals surface area contributed by atoms with Crippen molar-refractivity contribution in [1.29, 1.82) is 0 Å². The molecule has 0 aromatic heterocycles. The van der Waals surface area contributed by atoms with Crippen LogP contribution in [0.15, 0.2) is 72.8 Å². The van der Waals surface area contributed by atoms with Crippen molar-refractivity contribution < 1.29 is 37.4 Å². The standard InChI is InChI=1S/C36H43F3N2O5/c1-2-3-4-5-6-7-8-9-10-11-23-40-33(42)29-21-19-28(20-22-29)27-17-15-26(16-18-27)24-32(41-34(43)35(44)45)30-13-12-14-31(25-30)46-36(37,38)39/h12-22,25,32H,2-11,23-24H2,1H3,(H,40,42)(H,41,43)(H,44,45). The van der Waals surface area contributed by atoms with Gasteiger partial charge in [0.25, 0.3) is 5.91 Å². The molecule has 2 amide bonds. The second kappa shape index (κ2) is 18.6. The maximum absolute atomic E-state index is 12.7. The molecule has 0 aliphatic heterocycles. The molecule has 248 valence electrons. The van der Waals surface area contributed by atoms with E-state index in [1.165, 1.54) is 63.5 Å². The minimum atomic E-state index is -4.90. The van der Waals surface area contributed by atoms with Crippen molar-refractivity contribution in [3.05, 3.63) is 89.5 Å². The van der Waals surface area contributed by atoms with Gasteiger partial charge in [0.2, 0.25) is 0 Å². The van der Waals surface area contributed by atoms with Crippen LogP contribution in [0.1, 0.15) is 98.7 Å². The number of unbranched alkanes of at least 4 members (excludes halogenated alkanes) is 9. The molecule has 3 aromatic carbocycles. The van der Waals surface area contributed by atoms with E-state index in [1.54, 1.807) is 24.3 Å². The first kappa shape index (κ1) is 36.1. The third-order valence-electron chi connectivity index (χ3n) is 7.68. The number of hydrogen-bond acceptors (Lipinski definition) is 4. The third kappa shape index (κ3) is 12.9. The van der Waals surface area contributed by atoms with Crippen molar-refractivity contribution in [3.8, 4) is 16.9 Å². The fraction of sp³-hybridized carbons (Fsp3) is 0.417. The van der Waals surface area contributed by atoms with E-state index >= 15 is 0 Å². The molecule has 0 aliphatic carbocycles. The van der Waals surface area contributed by atoms with Crippen LogP contribution in [-0.2, 0) is 16.0 Å². The second-order valence-electron chi connectivity index (χ2n) is 11.4. The van der Waals surface area contributed by atoms with Crippen molar-refractivity contribution in [1.82, 2.24) is 10.6 Å². The Morgan fingerprint density at radius 1 is 0.783 bits per heavy atom. The lowest BCUT2D eigenvalue weighted by atomic mass is 9.96. The Morgan fingerprint density at radius 2 is 1.35 bits per heavy atom. The lowest BCUT2D eigenvalue weighted by molar-refractivity contribution is -0.274. The molecule has 7 nitrogen and oxygen atoms in total. The van der Waals surface area contributed by atoms with E-state index in [4.69, 9.17) is 5.11 Å². The highest BCUT2D eigenvalue weighted by molar-refractivity contribution is 6.31. The zero-order valence-corrected chi connectivity index (χ0v) is 26.2. The van der Waals surface area contributed by atoms with Gasteiger partial charge in [-0.1, -0.05) is 113 Å². The van der Waals surface area contributed by atoms with E-state index in [2.05, 4.69) is 22.3 Å². The molecule has 1 unspecified atom stereocenters. The lowest BCUT2D eigenvalue weighted by Gasteiger charge is -2.20. The first-order valence-electron chi connectivity index (χ1n) is 15.9. The Labute approximate surface area is 268 Å². The quantitative estimate of drug-likeness (QED) is 0.0957. The molecule has 3 N–H and O–H groups in total. The fourth-order valence-corrected chi connectivity index (χ4v) is 5.20. The van der Waals surface area contributed by atoms with Gasteiger partial charge in [-0.25, -0.2) is 4.79 Å². The number of benzene rings is 3. The maximum atomic E-state index is 12.7. The first-order valence-corrected chi connectivity index (χ1v) is 15.9. The number of rotatable bonds is 18. The number of ether oxygens (including phenoxy) is 1. The Morgan fingerprint density at radius 3 is 1.91 bits per heavy atom. The highest BCUT2D eigenvalue weighted by atomic mass is 19.4. The van der Waals surface area contributed by atoms with Gasteiger partial charge in [0.15, 0.2) is 0 Å². The lowest BCUT2D eigenvalue weighted by Crippen LogP contribution is -2.35. The number of carbonyl (C=O) groups excluding carboxylic acids is 2.